The Morgan fingerprint density at radius 1 is 1.50 bits per heavy atom. The molecule has 0 rings (SSSR count). The van der Waals surface area contributed by atoms with Crippen molar-refractivity contribution in [3.63, 3.8) is 0 Å². The number of nitrogens with zero attached hydrogens (tertiary/aromatic N) is 1. The summed E-state index contributed by atoms with van der Waals surface area (Å²) in [5.74, 6) is 5.36. The Morgan fingerprint density at radius 2 is 2.08 bits per heavy atom. The summed E-state index contributed by atoms with van der Waals surface area (Å²) < 4.78 is 4.96. The van der Waals surface area contributed by atoms with Crippen LogP contribution in [0.15, 0.2) is 0 Å². The number of ether oxygens (including phenoxy) is 1. The number of methoxy groups -OCH3 is 1. The van der Waals surface area contributed by atoms with Crippen molar-refractivity contribution in [3.05, 3.63) is 6.92 Å². The molecular formula is C10H17NO. The van der Waals surface area contributed by atoms with Gasteiger partial charge in [0.15, 0.2) is 0 Å². The Labute approximate surface area is 75.9 Å². The normalized spacial score (nSPS) is 11.2. The summed E-state index contributed by atoms with van der Waals surface area (Å²) in [4.78, 5) is 2.11. The number of rotatable bonds is 4. The second-order valence-electron chi connectivity index (χ2n) is 3.24. The third kappa shape index (κ3) is 3.75. The van der Waals surface area contributed by atoms with Gasteiger partial charge in [-0.3, -0.25) is 4.90 Å². The van der Waals surface area contributed by atoms with Crippen molar-refractivity contribution < 1.29 is 4.74 Å². The van der Waals surface area contributed by atoms with E-state index in [0.29, 0.717) is 6.61 Å². The van der Waals surface area contributed by atoms with Crippen molar-refractivity contribution in [1.82, 2.24) is 4.90 Å². The fourth-order valence-corrected chi connectivity index (χ4v) is 0.780. The van der Waals surface area contributed by atoms with Crippen LogP contribution in [-0.2, 0) is 4.74 Å². The lowest BCUT2D eigenvalue weighted by Crippen LogP contribution is -2.41. The van der Waals surface area contributed by atoms with Gasteiger partial charge in [-0.2, -0.15) is 0 Å². The van der Waals surface area contributed by atoms with Gasteiger partial charge in [0.2, 0.25) is 0 Å². The molecule has 0 saturated heterocycles. The molecule has 0 N–H and O–H groups in total. The van der Waals surface area contributed by atoms with Crippen LogP contribution in [0.25, 0.3) is 0 Å². The lowest BCUT2D eigenvalue weighted by atomic mass is 10.1. The highest BCUT2D eigenvalue weighted by molar-refractivity contribution is 5.15. The smallest absolute Gasteiger partial charge is 0.0767 e. The van der Waals surface area contributed by atoms with Crippen molar-refractivity contribution in [2.75, 3.05) is 27.3 Å². The molecule has 0 saturated carbocycles. The average molecular weight is 167 g/mol. The number of hydrogen-bond donors (Lipinski definition) is 0. The lowest BCUT2D eigenvalue weighted by Gasteiger charge is -2.30. The van der Waals surface area contributed by atoms with Crippen LogP contribution in [0.3, 0.4) is 0 Å². The maximum Gasteiger partial charge on any atom is 0.0767 e. The minimum Gasteiger partial charge on any atom is -0.383 e. The third-order valence-corrected chi connectivity index (χ3v) is 1.96. The Bertz CT molecular complexity index is 176. The van der Waals surface area contributed by atoms with E-state index in [1.54, 1.807) is 7.11 Å². The van der Waals surface area contributed by atoms with Crippen LogP contribution < -0.4 is 0 Å². The van der Waals surface area contributed by atoms with Gasteiger partial charge in [0.1, 0.15) is 0 Å². The van der Waals surface area contributed by atoms with Crippen LogP contribution >= 0.6 is 0 Å². The van der Waals surface area contributed by atoms with Crippen molar-refractivity contribution in [3.8, 4) is 11.8 Å². The topological polar surface area (TPSA) is 12.5 Å². The second kappa shape index (κ2) is 5.18. The van der Waals surface area contributed by atoms with Crippen LogP contribution in [-0.4, -0.2) is 37.7 Å². The van der Waals surface area contributed by atoms with Crippen LogP contribution in [0.5, 0.6) is 0 Å². The summed E-state index contributed by atoms with van der Waals surface area (Å²) in [7, 11) is 3.69. The zero-order chi connectivity index (χ0) is 9.61. The Kier molecular flexibility index (Phi) is 4.96. The van der Waals surface area contributed by atoms with Gasteiger partial charge in [-0.1, -0.05) is 11.8 Å². The van der Waals surface area contributed by atoms with Gasteiger partial charge in [0, 0.05) is 13.7 Å². The van der Waals surface area contributed by atoms with E-state index in [4.69, 9.17) is 11.7 Å². The monoisotopic (exact) mass is 167 g/mol. The minimum absolute atomic E-state index is 0.173. The molecule has 0 spiro atoms. The summed E-state index contributed by atoms with van der Waals surface area (Å²) >= 11 is 0. The quantitative estimate of drug-likeness (QED) is 0.580. The maximum absolute atomic E-state index is 5.16. The molecule has 0 fully saturated rings. The van der Waals surface area contributed by atoms with E-state index in [2.05, 4.69) is 16.7 Å². The molecule has 2 nitrogen and oxygen atoms in total. The van der Waals surface area contributed by atoms with E-state index < -0.39 is 0 Å². The molecule has 0 heterocycles. The molecule has 0 bridgehead atoms. The van der Waals surface area contributed by atoms with E-state index in [9.17, 15) is 0 Å². The molecule has 2 radical (unpaired) electrons. The van der Waals surface area contributed by atoms with Gasteiger partial charge in [-0.15, -0.1) is 0 Å². The minimum atomic E-state index is -0.173. The van der Waals surface area contributed by atoms with Crippen LogP contribution in [0.1, 0.15) is 13.8 Å². The predicted molar refractivity (Wildman–Crippen MR) is 50.7 cm³/mol. The van der Waals surface area contributed by atoms with Gasteiger partial charge >= 0.3 is 0 Å². The second-order valence-corrected chi connectivity index (χ2v) is 3.24. The van der Waals surface area contributed by atoms with Gasteiger partial charge in [0.05, 0.1) is 19.1 Å². The van der Waals surface area contributed by atoms with Gasteiger partial charge in [0.25, 0.3) is 0 Å². The van der Waals surface area contributed by atoms with Crippen molar-refractivity contribution in [2.45, 2.75) is 19.4 Å². The highest BCUT2D eigenvalue weighted by atomic mass is 16.5. The molecule has 2 heteroatoms. The molecule has 0 atom stereocenters. The largest absolute Gasteiger partial charge is 0.383 e. The van der Waals surface area contributed by atoms with E-state index in [1.165, 1.54) is 0 Å². The summed E-state index contributed by atoms with van der Waals surface area (Å²) in [6.45, 7) is 10.8. The first-order valence-corrected chi connectivity index (χ1v) is 3.97. The first-order valence-electron chi connectivity index (χ1n) is 3.97. The zero-order valence-corrected chi connectivity index (χ0v) is 8.35. The summed E-state index contributed by atoms with van der Waals surface area (Å²) in [6.07, 6.45) is 0. The van der Waals surface area contributed by atoms with Crippen LogP contribution in [0.2, 0.25) is 0 Å². The fourth-order valence-electron chi connectivity index (χ4n) is 0.780. The standard InChI is InChI=1S/C10H17NO/c1-6-7-10(2,3)11(4)8-9-12-5/h1H,8-9H2,2-5H3. The average Bonchev–Trinajstić information content (AvgIpc) is 2.00. The highest BCUT2D eigenvalue weighted by Gasteiger charge is 2.19. The molecule has 0 amide bonds. The number of hydrogen-bond acceptors (Lipinski definition) is 2. The molecule has 0 aliphatic carbocycles. The van der Waals surface area contributed by atoms with Crippen molar-refractivity contribution >= 4 is 0 Å². The zero-order valence-electron chi connectivity index (χ0n) is 8.35. The number of likely N-dealkylation sites (N-methyl/N-ethyl adjacent to an activating group) is 1. The lowest BCUT2D eigenvalue weighted by molar-refractivity contribution is 0.127. The molecule has 12 heavy (non-hydrogen) atoms. The van der Waals surface area contributed by atoms with Gasteiger partial charge in [-0.05, 0) is 20.9 Å². The SMILES string of the molecule is [CH]C#CC(C)(C)N(C)CCOC. The third-order valence-electron chi connectivity index (χ3n) is 1.96. The van der Waals surface area contributed by atoms with E-state index in [-0.39, 0.29) is 5.54 Å². The summed E-state index contributed by atoms with van der Waals surface area (Å²) in [5, 5.41) is 0. The van der Waals surface area contributed by atoms with Gasteiger partial charge in [-0.25, -0.2) is 0 Å². The molecule has 68 valence electrons. The summed E-state index contributed by atoms with van der Waals surface area (Å²) in [6, 6.07) is 0. The fraction of sp³-hybridized carbons (Fsp3) is 0.700. The molecule has 0 aliphatic heterocycles. The molecule has 0 aromatic carbocycles. The predicted octanol–water partition coefficient (Wildman–Crippen LogP) is 1.06. The van der Waals surface area contributed by atoms with Crippen LogP contribution in [0.4, 0.5) is 0 Å². The molecule has 0 aromatic rings. The molecule has 0 aliphatic rings. The van der Waals surface area contributed by atoms with Crippen molar-refractivity contribution in [1.29, 1.82) is 0 Å². The highest BCUT2D eigenvalue weighted by Crippen LogP contribution is 2.09. The summed E-state index contributed by atoms with van der Waals surface area (Å²) in [5.41, 5.74) is -0.173. The maximum atomic E-state index is 5.16. The Hall–Kier alpha value is -0.520. The van der Waals surface area contributed by atoms with Gasteiger partial charge < -0.3 is 4.74 Å². The van der Waals surface area contributed by atoms with E-state index in [0.717, 1.165) is 6.54 Å². The van der Waals surface area contributed by atoms with Crippen molar-refractivity contribution in [2.24, 2.45) is 0 Å². The molecule has 0 unspecified atom stereocenters. The Balaban J connectivity index is 4.02. The first-order chi connectivity index (χ1) is 5.54. The molecule has 0 aromatic heterocycles. The van der Waals surface area contributed by atoms with Crippen LogP contribution in [0, 0.1) is 18.8 Å². The Morgan fingerprint density at radius 3 is 2.50 bits per heavy atom. The first kappa shape index (κ1) is 11.5. The van der Waals surface area contributed by atoms with E-state index >= 15 is 0 Å². The molecular weight excluding hydrogens is 150 g/mol. The van der Waals surface area contributed by atoms with E-state index in [1.807, 2.05) is 20.9 Å².